The van der Waals surface area contributed by atoms with E-state index in [4.69, 9.17) is 0 Å². The van der Waals surface area contributed by atoms with Crippen LogP contribution in [-0.4, -0.2) is 29.8 Å². The summed E-state index contributed by atoms with van der Waals surface area (Å²) in [6.07, 6.45) is 0. The standard InChI is InChI=1S/C14H20N2O2/c1-5-16(6-2)14(18)13(17)15-12-8-10(3)7-11(4)9-12/h7-9H,5-6H2,1-4H3,(H,15,17). The highest BCUT2D eigenvalue weighted by molar-refractivity contribution is 6.39. The van der Waals surface area contributed by atoms with Crippen molar-refractivity contribution in [2.75, 3.05) is 18.4 Å². The first-order chi connectivity index (χ1) is 8.47. The summed E-state index contributed by atoms with van der Waals surface area (Å²) in [6, 6.07) is 5.71. The predicted octanol–water partition coefficient (Wildman–Crippen LogP) is 2.11. The summed E-state index contributed by atoms with van der Waals surface area (Å²) in [5.74, 6) is -1.07. The molecule has 0 aliphatic rings. The van der Waals surface area contributed by atoms with Crippen molar-refractivity contribution in [3.63, 3.8) is 0 Å². The Kier molecular flexibility index (Phi) is 4.89. The van der Waals surface area contributed by atoms with Crippen molar-refractivity contribution in [3.8, 4) is 0 Å². The summed E-state index contributed by atoms with van der Waals surface area (Å²) < 4.78 is 0. The molecule has 1 rings (SSSR count). The second-order valence-electron chi connectivity index (χ2n) is 4.31. The normalized spacial score (nSPS) is 10.0. The van der Waals surface area contributed by atoms with E-state index in [1.54, 1.807) is 0 Å². The van der Waals surface area contributed by atoms with Gasteiger partial charge >= 0.3 is 11.8 Å². The number of carbonyl (C=O) groups is 2. The SMILES string of the molecule is CCN(CC)C(=O)C(=O)Nc1cc(C)cc(C)c1. The van der Waals surface area contributed by atoms with Gasteiger partial charge in [-0.3, -0.25) is 9.59 Å². The van der Waals surface area contributed by atoms with Crippen LogP contribution in [0.5, 0.6) is 0 Å². The van der Waals surface area contributed by atoms with Crippen LogP contribution in [0.4, 0.5) is 5.69 Å². The number of hydrogen-bond donors (Lipinski definition) is 1. The highest BCUT2D eigenvalue weighted by Crippen LogP contribution is 2.13. The number of benzene rings is 1. The van der Waals surface area contributed by atoms with Crippen LogP contribution in [-0.2, 0) is 9.59 Å². The maximum Gasteiger partial charge on any atom is 0.313 e. The smallest absolute Gasteiger partial charge is 0.313 e. The molecule has 0 atom stereocenters. The number of carbonyl (C=O) groups excluding carboxylic acids is 2. The Labute approximate surface area is 108 Å². The van der Waals surface area contributed by atoms with Crippen LogP contribution in [0, 0.1) is 13.8 Å². The van der Waals surface area contributed by atoms with Crippen molar-refractivity contribution in [3.05, 3.63) is 29.3 Å². The monoisotopic (exact) mass is 248 g/mol. The van der Waals surface area contributed by atoms with Crippen LogP contribution in [0.3, 0.4) is 0 Å². The van der Waals surface area contributed by atoms with Gasteiger partial charge in [-0.15, -0.1) is 0 Å². The molecule has 0 aliphatic carbocycles. The van der Waals surface area contributed by atoms with Gasteiger partial charge in [-0.25, -0.2) is 0 Å². The van der Waals surface area contributed by atoms with Crippen LogP contribution in [0.25, 0.3) is 0 Å². The van der Waals surface area contributed by atoms with Gasteiger partial charge in [-0.1, -0.05) is 6.07 Å². The molecule has 0 heterocycles. The van der Waals surface area contributed by atoms with Gasteiger partial charge in [0.05, 0.1) is 0 Å². The van der Waals surface area contributed by atoms with Crippen LogP contribution < -0.4 is 5.32 Å². The maximum absolute atomic E-state index is 11.8. The number of aryl methyl sites for hydroxylation is 2. The van der Waals surface area contributed by atoms with Gasteiger partial charge in [0.1, 0.15) is 0 Å². The molecule has 0 aliphatic heterocycles. The molecule has 98 valence electrons. The molecular formula is C14H20N2O2. The predicted molar refractivity (Wildman–Crippen MR) is 72.5 cm³/mol. The third kappa shape index (κ3) is 3.58. The van der Waals surface area contributed by atoms with Crippen molar-refractivity contribution in [2.24, 2.45) is 0 Å². The fourth-order valence-corrected chi connectivity index (χ4v) is 1.89. The summed E-state index contributed by atoms with van der Waals surface area (Å²) >= 11 is 0. The quantitative estimate of drug-likeness (QED) is 0.833. The average molecular weight is 248 g/mol. The Bertz CT molecular complexity index is 431. The largest absolute Gasteiger partial charge is 0.335 e. The Morgan fingerprint density at radius 2 is 1.56 bits per heavy atom. The molecule has 2 amide bonds. The highest BCUT2D eigenvalue weighted by Gasteiger charge is 2.19. The molecule has 1 aromatic carbocycles. The van der Waals surface area contributed by atoms with Crippen molar-refractivity contribution < 1.29 is 9.59 Å². The van der Waals surface area contributed by atoms with Crippen molar-refractivity contribution >= 4 is 17.5 Å². The van der Waals surface area contributed by atoms with E-state index in [1.165, 1.54) is 4.90 Å². The van der Waals surface area contributed by atoms with Gasteiger partial charge in [0.2, 0.25) is 0 Å². The Hall–Kier alpha value is -1.84. The number of nitrogens with zero attached hydrogens (tertiary/aromatic N) is 1. The molecule has 0 saturated heterocycles. The molecule has 4 nitrogen and oxygen atoms in total. The number of anilines is 1. The first-order valence-electron chi connectivity index (χ1n) is 6.16. The molecule has 0 radical (unpaired) electrons. The molecule has 0 fully saturated rings. The number of nitrogens with one attached hydrogen (secondary N) is 1. The van der Waals surface area contributed by atoms with Crippen LogP contribution >= 0.6 is 0 Å². The maximum atomic E-state index is 11.8. The third-order valence-electron chi connectivity index (χ3n) is 2.72. The van der Waals surface area contributed by atoms with Crippen molar-refractivity contribution in [1.29, 1.82) is 0 Å². The van der Waals surface area contributed by atoms with Crippen LogP contribution in [0.15, 0.2) is 18.2 Å². The number of amides is 2. The van der Waals surface area contributed by atoms with E-state index in [0.717, 1.165) is 11.1 Å². The van der Waals surface area contributed by atoms with E-state index in [1.807, 2.05) is 45.9 Å². The van der Waals surface area contributed by atoms with Crippen molar-refractivity contribution in [2.45, 2.75) is 27.7 Å². The summed E-state index contributed by atoms with van der Waals surface area (Å²) in [5.41, 5.74) is 2.78. The van der Waals surface area contributed by atoms with Gasteiger partial charge in [0.15, 0.2) is 0 Å². The molecule has 0 bridgehead atoms. The summed E-state index contributed by atoms with van der Waals surface area (Å²) in [6.45, 7) is 8.69. The first kappa shape index (κ1) is 14.2. The zero-order valence-corrected chi connectivity index (χ0v) is 11.4. The van der Waals surface area contributed by atoms with Gasteiger partial charge in [-0.2, -0.15) is 0 Å². The minimum atomic E-state index is -0.580. The molecular weight excluding hydrogens is 228 g/mol. The lowest BCUT2D eigenvalue weighted by molar-refractivity contribution is -0.142. The minimum Gasteiger partial charge on any atom is -0.335 e. The summed E-state index contributed by atoms with van der Waals surface area (Å²) in [4.78, 5) is 25.1. The molecule has 0 unspecified atom stereocenters. The Balaban J connectivity index is 2.78. The van der Waals surface area contributed by atoms with Crippen LogP contribution in [0.1, 0.15) is 25.0 Å². The van der Waals surface area contributed by atoms with E-state index >= 15 is 0 Å². The van der Waals surface area contributed by atoms with E-state index in [0.29, 0.717) is 18.8 Å². The lowest BCUT2D eigenvalue weighted by Crippen LogP contribution is -2.39. The lowest BCUT2D eigenvalue weighted by Gasteiger charge is -2.17. The molecule has 1 aromatic rings. The van der Waals surface area contributed by atoms with E-state index in [-0.39, 0.29) is 0 Å². The fraction of sp³-hybridized carbons (Fsp3) is 0.429. The fourth-order valence-electron chi connectivity index (χ4n) is 1.89. The summed E-state index contributed by atoms with van der Waals surface area (Å²) in [5, 5.41) is 2.64. The zero-order valence-electron chi connectivity index (χ0n) is 11.4. The van der Waals surface area contributed by atoms with Gasteiger partial charge in [0, 0.05) is 18.8 Å². The van der Waals surface area contributed by atoms with E-state index in [2.05, 4.69) is 5.32 Å². The number of likely N-dealkylation sites (N-methyl/N-ethyl adjacent to an activating group) is 1. The second-order valence-corrected chi connectivity index (χ2v) is 4.31. The van der Waals surface area contributed by atoms with E-state index in [9.17, 15) is 9.59 Å². The topological polar surface area (TPSA) is 49.4 Å². The number of hydrogen-bond acceptors (Lipinski definition) is 2. The zero-order chi connectivity index (χ0) is 13.7. The minimum absolute atomic E-state index is 0.487. The van der Waals surface area contributed by atoms with Gasteiger partial charge < -0.3 is 10.2 Å². The third-order valence-corrected chi connectivity index (χ3v) is 2.72. The average Bonchev–Trinajstić information content (AvgIpc) is 2.28. The molecule has 0 aromatic heterocycles. The van der Waals surface area contributed by atoms with E-state index < -0.39 is 11.8 Å². The number of rotatable bonds is 3. The molecule has 0 saturated carbocycles. The highest BCUT2D eigenvalue weighted by atomic mass is 16.2. The molecule has 4 heteroatoms. The molecule has 18 heavy (non-hydrogen) atoms. The van der Waals surface area contributed by atoms with Gasteiger partial charge in [-0.05, 0) is 51.0 Å². The Morgan fingerprint density at radius 3 is 2.00 bits per heavy atom. The van der Waals surface area contributed by atoms with Crippen LogP contribution in [0.2, 0.25) is 0 Å². The Morgan fingerprint density at radius 1 is 1.06 bits per heavy atom. The van der Waals surface area contributed by atoms with Crippen molar-refractivity contribution in [1.82, 2.24) is 4.90 Å². The summed E-state index contributed by atoms with van der Waals surface area (Å²) in [7, 11) is 0. The molecule has 1 N–H and O–H groups in total. The molecule has 0 spiro atoms. The second kappa shape index (κ2) is 6.19. The van der Waals surface area contributed by atoms with Gasteiger partial charge in [0.25, 0.3) is 0 Å². The first-order valence-corrected chi connectivity index (χ1v) is 6.16. The lowest BCUT2D eigenvalue weighted by atomic mass is 10.1.